The predicted octanol–water partition coefficient (Wildman–Crippen LogP) is 2.37. The van der Waals surface area contributed by atoms with Crippen molar-refractivity contribution >= 4 is 17.3 Å². The number of hydrogen-bond acceptors (Lipinski definition) is 6. The lowest BCUT2D eigenvalue weighted by Gasteiger charge is -2.28. The number of ether oxygens (including phenoxy) is 1. The molecule has 0 saturated heterocycles. The Hall–Kier alpha value is -4.07. The lowest BCUT2D eigenvalue weighted by atomic mass is 10.1. The van der Waals surface area contributed by atoms with Gasteiger partial charge in [-0.15, -0.1) is 0 Å². The highest BCUT2D eigenvalue weighted by Gasteiger charge is 2.28. The van der Waals surface area contributed by atoms with Crippen molar-refractivity contribution in [3.63, 3.8) is 0 Å². The molecule has 0 fully saturated rings. The van der Waals surface area contributed by atoms with Crippen LogP contribution in [0.5, 0.6) is 0 Å². The number of amidine groups is 1. The lowest BCUT2D eigenvalue weighted by molar-refractivity contribution is 0.0994. The Labute approximate surface area is 172 Å². The minimum absolute atomic E-state index is 0.366. The SMILES string of the molecule is NC(=O)c1cccc2c(C3N=C(NCc4ccccc4)C4=C(N3)OC=CC4)ncn12. The number of carbonyl (C=O) groups excluding carboxylic acids is 1. The number of amides is 1. The van der Waals surface area contributed by atoms with Crippen LogP contribution in [0.4, 0.5) is 0 Å². The minimum atomic E-state index is -0.513. The highest BCUT2D eigenvalue weighted by molar-refractivity contribution is 6.00. The molecule has 0 saturated carbocycles. The van der Waals surface area contributed by atoms with Crippen molar-refractivity contribution < 1.29 is 9.53 Å². The Kier molecular flexibility index (Phi) is 4.44. The van der Waals surface area contributed by atoms with Crippen LogP contribution in [-0.4, -0.2) is 21.1 Å². The van der Waals surface area contributed by atoms with Crippen molar-refractivity contribution in [2.75, 3.05) is 0 Å². The largest absolute Gasteiger partial charge is 0.449 e. The molecule has 5 rings (SSSR count). The van der Waals surface area contributed by atoms with E-state index in [0.29, 0.717) is 30.2 Å². The fourth-order valence-electron chi connectivity index (χ4n) is 3.65. The number of aromatic nitrogens is 2. The molecule has 8 heteroatoms. The molecule has 150 valence electrons. The molecule has 0 aliphatic carbocycles. The van der Waals surface area contributed by atoms with Crippen molar-refractivity contribution in [2.24, 2.45) is 10.7 Å². The summed E-state index contributed by atoms with van der Waals surface area (Å²) in [5.41, 5.74) is 9.42. The molecule has 0 spiro atoms. The molecule has 0 radical (unpaired) electrons. The number of rotatable bonds is 4. The summed E-state index contributed by atoms with van der Waals surface area (Å²) < 4.78 is 7.40. The van der Waals surface area contributed by atoms with E-state index in [2.05, 4.69) is 27.8 Å². The van der Waals surface area contributed by atoms with E-state index < -0.39 is 12.1 Å². The molecule has 0 bridgehead atoms. The van der Waals surface area contributed by atoms with Crippen molar-refractivity contribution in [1.29, 1.82) is 0 Å². The maximum Gasteiger partial charge on any atom is 0.265 e. The number of aliphatic imine (C=N–C) groups is 1. The summed E-state index contributed by atoms with van der Waals surface area (Å²) in [5, 5.41) is 6.75. The fourth-order valence-corrected chi connectivity index (χ4v) is 3.65. The zero-order valence-electron chi connectivity index (χ0n) is 16.1. The smallest absolute Gasteiger partial charge is 0.265 e. The van der Waals surface area contributed by atoms with Gasteiger partial charge in [0.2, 0.25) is 5.88 Å². The summed E-state index contributed by atoms with van der Waals surface area (Å²) in [7, 11) is 0. The van der Waals surface area contributed by atoms with Gasteiger partial charge in [-0.2, -0.15) is 0 Å². The van der Waals surface area contributed by atoms with Crippen LogP contribution in [0.15, 0.2) is 83.6 Å². The highest BCUT2D eigenvalue weighted by Crippen LogP contribution is 2.29. The number of nitrogens with zero attached hydrogens (tertiary/aromatic N) is 3. The second-order valence-electron chi connectivity index (χ2n) is 7.03. The Bertz CT molecular complexity index is 1210. The van der Waals surface area contributed by atoms with Crippen LogP contribution >= 0.6 is 0 Å². The topological polar surface area (TPSA) is 106 Å². The van der Waals surface area contributed by atoms with Crippen molar-refractivity contribution in [2.45, 2.75) is 19.1 Å². The zero-order valence-corrected chi connectivity index (χ0v) is 16.1. The van der Waals surface area contributed by atoms with E-state index in [-0.39, 0.29) is 0 Å². The Balaban J connectivity index is 1.50. The van der Waals surface area contributed by atoms with Crippen LogP contribution < -0.4 is 16.4 Å². The van der Waals surface area contributed by atoms with E-state index in [9.17, 15) is 4.79 Å². The van der Waals surface area contributed by atoms with Gasteiger partial charge in [0, 0.05) is 13.0 Å². The van der Waals surface area contributed by atoms with Crippen LogP contribution in [0.25, 0.3) is 5.52 Å². The molecule has 2 aliphatic rings. The number of pyridine rings is 1. The van der Waals surface area contributed by atoms with Gasteiger partial charge in [0.25, 0.3) is 5.91 Å². The second-order valence-corrected chi connectivity index (χ2v) is 7.03. The standard InChI is InChI=1S/C22H20N6O2/c23-19(29)17-10-4-9-16-18(25-13-28(16)17)21-26-20(15-8-5-11-30-22(15)27-21)24-12-14-6-2-1-3-7-14/h1-7,9-11,13,21,27H,8,12H2,(H2,23,29)(H,24,26). The molecule has 8 nitrogen and oxygen atoms in total. The number of benzene rings is 1. The maximum atomic E-state index is 11.7. The van der Waals surface area contributed by atoms with Crippen LogP contribution in [0, 0.1) is 0 Å². The monoisotopic (exact) mass is 400 g/mol. The van der Waals surface area contributed by atoms with Crippen molar-refractivity contribution in [3.05, 3.63) is 95.6 Å². The van der Waals surface area contributed by atoms with E-state index >= 15 is 0 Å². The molecular formula is C22H20N6O2. The summed E-state index contributed by atoms with van der Waals surface area (Å²) in [6.07, 6.45) is 5.45. The van der Waals surface area contributed by atoms with Gasteiger partial charge >= 0.3 is 0 Å². The third-order valence-corrected chi connectivity index (χ3v) is 5.11. The van der Waals surface area contributed by atoms with Gasteiger partial charge in [0.1, 0.15) is 23.6 Å². The number of carbonyl (C=O) groups is 1. The van der Waals surface area contributed by atoms with Gasteiger partial charge in [0.05, 0.1) is 17.4 Å². The molecule has 4 heterocycles. The van der Waals surface area contributed by atoms with E-state index in [1.165, 1.54) is 0 Å². The molecule has 30 heavy (non-hydrogen) atoms. The molecule has 1 unspecified atom stereocenters. The van der Waals surface area contributed by atoms with Crippen LogP contribution in [0.1, 0.15) is 34.3 Å². The number of hydrogen-bond donors (Lipinski definition) is 3. The number of fused-ring (bicyclic) bond motifs is 1. The maximum absolute atomic E-state index is 11.7. The van der Waals surface area contributed by atoms with E-state index in [0.717, 1.165) is 22.5 Å². The van der Waals surface area contributed by atoms with E-state index in [4.69, 9.17) is 15.5 Å². The summed E-state index contributed by atoms with van der Waals surface area (Å²) in [6.45, 7) is 0.642. The lowest BCUT2D eigenvalue weighted by Crippen LogP contribution is -2.36. The molecule has 3 aromatic rings. The molecule has 1 amide bonds. The van der Waals surface area contributed by atoms with Gasteiger partial charge in [-0.1, -0.05) is 36.4 Å². The van der Waals surface area contributed by atoms with Gasteiger partial charge < -0.3 is 21.1 Å². The average Bonchev–Trinajstić information content (AvgIpc) is 3.22. The Morgan fingerprint density at radius 1 is 1.23 bits per heavy atom. The first-order valence-corrected chi connectivity index (χ1v) is 9.64. The fraction of sp³-hybridized carbons (Fsp3) is 0.136. The minimum Gasteiger partial charge on any atom is -0.449 e. The van der Waals surface area contributed by atoms with E-state index in [1.807, 2.05) is 30.3 Å². The number of allylic oxidation sites excluding steroid dienone is 1. The van der Waals surface area contributed by atoms with E-state index in [1.54, 1.807) is 29.1 Å². The quantitative estimate of drug-likeness (QED) is 0.623. The van der Waals surface area contributed by atoms with Gasteiger partial charge in [0.15, 0.2) is 6.17 Å². The first kappa shape index (κ1) is 18.0. The second kappa shape index (κ2) is 7.40. The van der Waals surface area contributed by atoms with Crippen LogP contribution in [-0.2, 0) is 11.3 Å². The Morgan fingerprint density at radius 3 is 2.93 bits per heavy atom. The number of primary amides is 1. The highest BCUT2D eigenvalue weighted by atomic mass is 16.5. The predicted molar refractivity (Wildman–Crippen MR) is 112 cm³/mol. The summed E-state index contributed by atoms with van der Waals surface area (Å²) >= 11 is 0. The molecule has 2 aliphatic heterocycles. The molecule has 1 aromatic carbocycles. The van der Waals surface area contributed by atoms with Crippen molar-refractivity contribution in [3.8, 4) is 0 Å². The van der Waals surface area contributed by atoms with Gasteiger partial charge in [-0.25, -0.2) is 9.98 Å². The molecule has 4 N–H and O–H groups in total. The normalized spacial score (nSPS) is 17.7. The summed E-state index contributed by atoms with van der Waals surface area (Å²) in [6, 6.07) is 15.5. The third kappa shape index (κ3) is 3.18. The molecule has 2 aromatic heterocycles. The van der Waals surface area contributed by atoms with Gasteiger partial charge in [-0.05, 0) is 23.8 Å². The Morgan fingerprint density at radius 2 is 2.10 bits per heavy atom. The average molecular weight is 400 g/mol. The van der Waals surface area contributed by atoms with Crippen molar-refractivity contribution in [1.82, 2.24) is 20.0 Å². The number of nitrogens with one attached hydrogen (secondary N) is 2. The van der Waals surface area contributed by atoms with Crippen LogP contribution in [0.3, 0.4) is 0 Å². The number of imidazole rings is 1. The zero-order chi connectivity index (χ0) is 20.5. The first-order valence-electron chi connectivity index (χ1n) is 9.64. The molecule has 1 atom stereocenters. The molecular weight excluding hydrogens is 380 g/mol. The summed E-state index contributed by atoms with van der Waals surface area (Å²) in [5.74, 6) is 0.898. The third-order valence-electron chi connectivity index (χ3n) is 5.11. The summed E-state index contributed by atoms with van der Waals surface area (Å²) in [4.78, 5) is 21.1. The van der Waals surface area contributed by atoms with Gasteiger partial charge in [-0.3, -0.25) is 9.20 Å². The van der Waals surface area contributed by atoms with Crippen LogP contribution in [0.2, 0.25) is 0 Å². The number of nitrogens with two attached hydrogens (primary N) is 1. The first-order chi connectivity index (χ1) is 14.7.